The topological polar surface area (TPSA) is 19.4 Å². The molecular formula is C17H23N3S. The maximum absolute atomic E-state index is 4.57. The monoisotopic (exact) mass is 301 g/mol. The van der Waals surface area contributed by atoms with E-state index in [9.17, 15) is 0 Å². The largest absolute Gasteiger partial charge is 0.369 e. The van der Waals surface area contributed by atoms with Gasteiger partial charge in [0, 0.05) is 43.8 Å². The van der Waals surface area contributed by atoms with E-state index in [1.54, 1.807) is 11.3 Å². The normalized spacial score (nSPS) is 16.4. The molecule has 2 heterocycles. The van der Waals surface area contributed by atoms with E-state index in [1.807, 2.05) is 0 Å². The second-order valence-corrected chi connectivity index (χ2v) is 6.90. The van der Waals surface area contributed by atoms with Crippen LogP contribution in [0.4, 0.5) is 5.69 Å². The van der Waals surface area contributed by atoms with Crippen molar-refractivity contribution in [1.82, 2.24) is 9.88 Å². The number of hydrogen-bond acceptors (Lipinski definition) is 4. The fraction of sp³-hybridized carbons (Fsp3) is 0.471. The molecule has 1 fully saturated rings. The maximum Gasteiger partial charge on any atom is 0.0897 e. The van der Waals surface area contributed by atoms with Crippen molar-refractivity contribution >= 4 is 17.0 Å². The van der Waals surface area contributed by atoms with Crippen LogP contribution < -0.4 is 4.90 Å². The minimum absolute atomic E-state index is 0.991. The lowest BCUT2D eigenvalue weighted by molar-refractivity contribution is 0.247. The van der Waals surface area contributed by atoms with Crippen LogP contribution in [-0.4, -0.2) is 36.1 Å². The van der Waals surface area contributed by atoms with Crippen molar-refractivity contribution in [3.8, 4) is 0 Å². The van der Waals surface area contributed by atoms with E-state index in [1.165, 1.54) is 27.5 Å². The molecule has 1 aromatic heterocycles. The van der Waals surface area contributed by atoms with Crippen molar-refractivity contribution in [1.29, 1.82) is 0 Å². The van der Waals surface area contributed by atoms with Gasteiger partial charge in [-0.25, -0.2) is 4.98 Å². The Kier molecular flexibility index (Phi) is 4.27. The summed E-state index contributed by atoms with van der Waals surface area (Å²) in [6, 6.07) is 6.61. The van der Waals surface area contributed by atoms with E-state index >= 15 is 0 Å². The zero-order chi connectivity index (χ0) is 14.8. The lowest BCUT2D eigenvalue weighted by Crippen LogP contribution is -2.46. The summed E-state index contributed by atoms with van der Waals surface area (Å²) in [6.07, 6.45) is 0. The highest BCUT2D eigenvalue weighted by Crippen LogP contribution is 2.24. The molecule has 0 radical (unpaired) electrons. The molecule has 3 nitrogen and oxygen atoms in total. The molecule has 0 aliphatic carbocycles. The van der Waals surface area contributed by atoms with Crippen LogP contribution in [-0.2, 0) is 6.54 Å². The number of benzene rings is 1. The molecule has 2 aromatic rings. The quantitative estimate of drug-likeness (QED) is 0.866. The van der Waals surface area contributed by atoms with E-state index in [0.717, 1.165) is 32.7 Å². The van der Waals surface area contributed by atoms with Gasteiger partial charge in [-0.15, -0.1) is 11.3 Å². The Morgan fingerprint density at radius 3 is 2.52 bits per heavy atom. The van der Waals surface area contributed by atoms with Crippen molar-refractivity contribution in [3.05, 3.63) is 45.4 Å². The Morgan fingerprint density at radius 2 is 1.86 bits per heavy atom. The molecule has 4 heteroatoms. The van der Waals surface area contributed by atoms with Gasteiger partial charge in [-0.05, 0) is 38.0 Å². The molecule has 1 saturated heterocycles. The SMILES string of the molecule is Cc1nc(CN2CCN(c3cccc(C)c3C)CC2)cs1. The molecule has 0 atom stereocenters. The summed E-state index contributed by atoms with van der Waals surface area (Å²) in [7, 11) is 0. The Morgan fingerprint density at radius 1 is 1.10 bits per heavy atom. The highest BCUT2D eigenvalue weighted by Gasteiger charge is 2.19. The molecular weight excluding hydrogens is 278 g/mol. The molecule has 3 rings (SSSR count). The highest BCUT2D eigenvalue weighted by atomic mass is 32.1. The third-order valence-electron chi connectivity index (χ3n) is 4.34. The first-order valence-electron chi connectivity index (χ1n) is 7.58. The van der Waals surface area contributed by atoms with E-state index in [0.29, 0.717) is 0 Å². The van der Waals surface area contributed by atoms with E-state index in [-0.39, 0.29) is 0 Å². The fourth-order valence-corrected chi connectivity index (χ4v) is 3.54. The molecule has 0 N–H and O–H groups in total. The zero-order valence-electron chi connectivity index (χ0n) is 13.1. The minimum Gasteiger partial charge on any atom is -0.369 e. The van der Waals surface area contributed by atoms with Crippen LogP contribution in [0.1, 0.15) is 21.8 Å². The molecule has 112 valence electrons. The van der Waals surface area contributed by atoms with Gasteiger partial charge in [0.15, 0.2) is 0 Å². The molecule has 0 amide bonds. The van der Waals surface area contributed by atoms with Gasteiger partial charge in [-0.1, -0.05) is 12.1 Å². The first-order chi connectivity index (χ1) is 10.1. The predicted molar refractivity (Wildman–Crippen MR) is 90.3 cm³/mol. The van der Waals surface area contributed by atoms with Gasteiger partial charge in [0.25, 0.3) is 0 Å². The Hall–Kier alpha value is -1.39. The smallest absolute Gasteiger partial charge is 0.0897 e. The van der Waals surface area contributed by atoms with Gasteiger partial charge < -0.3 is 4.90 Å². The Labute approximate surface area is 131 Å². The lowest BCUT2D eigenvalue weighted by atomic mass is 10.1. The van der Waals surface area contributed by atoms with Crippen molar-refractivity contribution in [3.63, 3.8) is 0 Å². The second-order valence-electron chi connectivity index (χ2n) is 5.84. The van der Waals surface area contributed by atoms with Gasteiger partial charge in [0.1, 0.15) is 0 Å². The van der Waals surface area contributed by atoms with E-state index in [2.05, 4.69) is 59.1 Å². The van der Waals surface area contributed by atoms with Crippen molar-refractivity contribution < 1.29 is 0 Å². The van der Waals surface area contributed by atoms with Gasteiger partial charge >= 0.3 is 0 Å². The van der Waals surface area contributed by atoms with Gasteiger partial charge in [-0.2, -0.15) is 0 Å². The molecule has 1 aromatic carbocycles. The van der Waals surface area contributed by atoms with Crippen LogP contribution in [0.5, 0.6) is 0 Å². The fourth-order valence-electron chi connectivity index (χ4n) is 2.94. The van der Waals surface area contributed by atoms with Crippen molar-refractivity contribution in [2.24, 2.45) is 0 Å². The van der Waals surface area contributed by atoms with Crippen LogP contribution in [0.25, 0.3) is 0 Å². The predicted octanol–water partition coefficient (Wildman–Crippen LogP) is 3.39. The van der Waals surface area contributed by atoms with Crippen LogP contribution in [0.2, 0.25) is 0 Å². The summed E-state index contributed by atoms with van der Waals surface area (Å²) in [5, 5.41) is 3.35. The maximum atomic E-state index is 4.57. The van der Waals surface area contributed by atoms with Crippen molar-refractivity contribution in [2.45, 2.75) is 27.3 Å². The van der Waals surface area contributed by atoms with Gasteiger partial charge in [-0.3, -0.25) is 4.90 Å². The summed E-state index contributed by atoms with van der Waals surface area (Å²) in [5.41, 5.74) is 5.42. The van der Waals surface area contributed by atoms with Gasteiger partial charge in [0.05, 0.1) is 10.7 Å². The van der Waals surface area contributed by atoms with E-state index < -0.39 is 0 Å². The first-order valence-corrected chi connectivity index (χ1v) is 8.46. The Balaban J connectivity index is 1.61. The van der Waals surface area contributed by atoms with Crippen molar-refractivity contribution in [2.75, 3.05) is 31.1 Å². The number of aryl methyl sites for hydroxylation is 2. The first kappa shape index (κ1) is 14.5. The molecule has 0 spiro atoms. The molecule has 0 bridgehead atoms. The number of thiazole rings is 1. The lowest BCUT2D eigenvalue weighted by Gasteiger charge is -2.36. The number of rotatable bonds is 3. The number of aromatic nitrogens is 1. The Bertz CT molecular complexity index is 612. The number of nitrogens with zero attached hydrogens (tertiary/aromatic N) is 3. The molecule has 1 aliphatic heterocycles. The van der Waals surface area contributed by atoms with Crippen LogP contribution in [0, 0.1) is 20.8 Å². The number of hydrogen-bond donors (Lipinski definition) is 0. The van der Waals surface area contributed by atoms with Gasteiger partial charge in [0.2, 0.25) is 0 Å². The average Bonchev–Trinajstić information content (AvgIpc) is 2.88. The molecule has 0 saturated carbocycles. The van der Waals surface area contributed by atoms with Crippen LogP contribution >= 0.6 is 11.3 Å². The molecule has 21 heavy (non-hydrogen) atoms. The summed E-state index contributed by atoms with van der Waals surface area (Å²) < 4.78 is 0. The van der Waals surface area contributed by atoms with E-state index in [4.69, 9.17) is 0 Å². The average molecular weight is 301 g/mol. The summed E-state index contributed by atoms with van der Waals surface area (Å²) in [6.45, 7) is 11.9. The van der Waals surface area contributed by atoms with Crippen LogP contribution in [0.15, 0.2) is 23.6 Å². The number of piperazine rings is 1. The molecule has 0 unspecified atom stereocenters. The third kappa shape index (κ3) is 3.27. The standard InChI is InChI=1S/C17H23N3S/c1-13-5-4-6-17(14(13)2)20-9-7-19(8-10-20)11-16-12-21-15(3)18-16/h4-6,12H,7-11H2,1-3H3. The summed E-state index contributed by atoms with van der Waals surface area (Å²) in [5.74, 6) is 0. The second kappa shape index (κ2) is 6.16. The zero-order valence-corrected chi connectivity index (χ0v) is 13.9. The van der Waals surface area contributed by atoms with Crippen LogP contribution in [0.3, 0.4) is 0 Å². The summed E-state index contributed by atoms with van der Waals surface area (Å²) >= 11 is 1.75. The minimum atomic E-state index is 0.991. The summed E-state index contributed by atoms with van der Waals surface area (Å²) in [4.78, 5) is 9.60. The highest BCUT2D eigenvalue weighted by molar-refractivity contribution is 7.09. The third-order valence-corrected chi connectivity index (χ3v) is 5.16. The number of anilines is 1. The molecule has 1 aliphatic rings.